The van der Waals surface area contributed by atoms with Gasteiger partial charge in [-0.15, -0.1) is 0 Å². The van der Waals surface area contributed by atoms with Crippen molar-refractivity contribution in [3.05, 3.63) is 48.8 Å². The van der Waals surface area contributed by atoms with E-state index in [0.29, 0.717) is 30.8 Å². The molecule has 0 aliphatic carbocycles. The zero-order valence-corrected chi connectivity index (χ0v) is 17.4. The number of amides is 2. The van der Waals surface area contributed by atoms with Gasteiger partial charge >= 0.3 is 0 Å². The molecule has 0 unspecified atom stereocenters. The number of methoxy groups -OCH3 is 1. The first kappa shape index (κ1) is 21.7. The van der Waals surface area contributed by atoms with Crippen LogP contribution < -0.4 is 15.4 Å². The van der Waals surface area contributed by atoms with Crippen molar-refractivity contribution in [2.24, 2.45) is 5.92 Å². The number of anilines is 1. The molecule has 2 N–H and O–H groups in total. The molecule has 2 amide bonds. The van der Waals surface area contributed by atoms with E-state index in [1.807, 2.05) is 0 Å². The van der Waals surface area contributed by atoms with E-state index in [1.165, 1.54) is 29.7 Å². The number of hydrogen-bond donors (Lipinski definition) is 2. The number of rotatable bonds is 7. The first-order chi connectivity index (χ1) is 14.4. The van der Waals surface area contributed by atoms with Gasteiger partial charge in [0.1, 0.15) is 5.75 Å². The third-order valence-electron chi connectivity index (χ3n) is 4.82. The van der Waals surface area contributed by atoms with Crippen molar-refractivity contribution >= 4 is 27.5 Å². The van der Waals surface area contributed by atoms with Crippen LogP contribution in [0.1, 0.15) is 12.8 Å². The molecule has 1 aromatic carbocycles. The number of aromatic nitrogens is 1. The fourth-order valence-corrected chi connectivity index (χ4v) is 4.75. The molecule has 1 aliphatic rings. The maximum absolute atomic E-state index is 12.9. The van der Waals surface area contributed by atoms with Crippen LogP contribution in [0.3, 0.4) is 0 Å². The number of piperidine rings is 1. The van der Waals surface area contributed by atoms with Gasteiger partial charge in [0, 0.05) is 19.3 Å². The molecule has 2 aromatic rings. The highest BCUT2D eigenvalue weighted by Crippen LogP contribution is 2.25. The number of carbonyl (C=O) groups is 2. The van der Waals surface area contributed by atoms with E-state index in [0.717, 1.165) is 0 Å². The van der Waals surface area contributed by atoms with Gasteiger partial charge < -0.3 is 15.4 Å². The van der Waals surface area contributed by atoms with Crippen molar-refractivity contribution in [1.29, 1.82) is 0 Å². The van der Waals surface area contributed by atoms with Gasteiger partial charge in [-0.3, -0.25) is 14.6 Å². The van der Waals surface area contributed by atoms with E-state index >= 15 is 0 Å². The number of benzene rings is 1. The van der Waals surface area contributed by atoms with Crippen molar-refractivity contribution in [2.75, 3.05) is 32.1 Å². The molecule has 1 saturated heterocycles. The summed E-state index contributed by atoms with van der Waals surface area (Å²) in [6.45, 7) is 0.222. The Morgan fingerprint density at radius 3 is 2.67 bits per heavy atom. The average Bonchev–Trinajstić information content (AvgIpc) is 2.78. The molecule has 10 heteroatoms. The lowest BCUT2D eigenvalue weighted by molar-refractivity contribution is -0.128. The predicted molar refractivity (Wildman–Crippen MR) is 110 cm³/mol. The summed E-state index contributed by atoms with van der Waals surface area (Å²) in [6, 6.07) is 9.52. The Bertz CT molecular complexity index is 980. The topological polar surface area (TPSA) is 118 Å². The highest BCUT2D eigenvalue weighted by atomic mass is 32.2. The molecule has 1 atom stereocenters. The molecule has 0 spiro atoms. The van der Waals surface area contributed by atoms with Crippen LogP contribution in [-0.2, 0) is 19.6 Å². The lowest BCUT2D eigenvalue weighted by atomic mass is 9.99. The van der Waals surface area contributed by atoms with Crippen LogP contribution in [-0.4, -0.2) is 56.3 Å². The molecule has 9 nitrogen and oxygen atoms in total. The second kappa shape index (κ2) is 9.68. The summed E-state index contributed by atoms with van der Waals surface area (Å²) in [5.41, 5.74) is 0.533. The summed E-state index contributed by atoms with van der Waals surface area (Å²) >= 11 is 0. The van der Waals surface area contributed by atoms with Gasteiger partial charge in [-0.1, -0.05) is 0 Å². The number of carbonyl (C=O) groups excluding carboxylic acids is 2. The van der Waals surface area contributed by atoms with Crippen LogP contribution in [0, 0.1) is 5.92 Å². The van der Waals surface area contributed by atoms with Crippen LogP contribution in [0.5, 0.6) is 5.75 Å². The zero-order valence-electron chi connectivity index (χ0n) is 16.6. The van der Waals surface area contributed by atoms with E-state index in [4.69, 9.17) is 4.74 Å². The van der Waals surface area contributed by atoms with Crippen LogP contribution in [0.25, 0.3) is 0 Å². The summed E-state index contributed by atoms with van der Waals surface area (Å²) in [5, 5.41) is 5.22. The Kier molecular flexibility index (Phi) is 7.01. The second-order valence-corrected chi connectivity index (χ2v) is 8.82. The Morgan fingerprint density at radius 1 is 1.23 bits per heavy atom. The van der Waals surface area contributed by atoms with Gasteiger partial charge in [-0.25, -0.2) is 8.42 Å². The minimum absolute atomic E-state index is 0.0738. The molecule has 0 radical (unpaired) electrons. The van der Waals surface area contributed by atoms with E-state index < -0.39 is 15.9 Å². The van der Waals surface area contributed by atoms with Gasteiger partial charge in [-0.2, -0.15) is 4.31 Å². The standard InChI is InChI=1S/C20H24N4O5S/c1-29-17-6-8-18(9-7-17)30(27,28)24-11-3-4-15(14-24)20(26)22-13-19(25)23-16-5-2-10-21-12-16/h2,5-10,12,15H,3-4,11,13-14H2,1H3,(H,22,26)(H,23,25)/t15-/m0/s1. The number of sulfonamides is 1. The van der Waals surface area contributed by atoms with Crippen molar-refractivity contribution < 1.29 is 22.7 Å². The van der Waals surface area contributed by atoms with Crippen molar-refractivity contribution in [3.8, 4) is 5.75 Å². The fourth-order valence-electron chi connectivity index (χ4n) is 3.23. The van der Waals surface area contributed by atoms with Crippen LogP contribution >= 0.6 is 0 Å². The van der Waals surface area contributed by atoms with Gasteiger partial charge in [0.2, 0.25) is 21.8 Å². The molecule has 3 rings (SSSR count). The first-order valence-electron chi connectivity index (χ1n) is 9.52. The molecule has 0 bridgehead atoms. The van der Waals surface area contributed by atoms with Crippen LogP contribution in [0.4, 0.5) is 5.69 Å². The zero-order chi connectivity index (χ0) is 21.6. The molecule has 1 fully saturated rings. The molecule has 1 aromatic heterocycles. The van der Waals surface area contributed by atoms with E-state index in [1.54, 1.807) is 30.5 Å². The highest BCUT2D eigenvalue weighted by molar-refractivity contribution is 7.89. The molecular formula is C20H24N4O5S. The number of nitrogens with one attached hydrogen (secondary N) is 2. The van der Waals surface area contributed by atoms with Crippen molar-refractivity contribution in [1.82, 2.24) is 14.6 Å². The number of ether oxygens (including phenoxy) is 1. The third kappa shape index (κ3) is 5.33. The summed E-state index contributed by atoms with van der Waals surface area (Å²) in [4.78, 5) is 28.6. The van der Waals surface area contributed by atoms with Crippen LogP contribution in [0.15, 0.2) is 53.7 Å². The lowest BCUT2D eigenvalue weighted by Gasteiger charge is -2.31. The van der Waals surface area contributed by atoms with E-state index in [-0.39, 0.29) is 29.8 Å². The predicted octanol–water partition coefficient (Wildman–Crippen LogP) is 1.25. The van der Waals surface area contributed by atoms with Gasteiger partial charge in [0.15, 0.2) is 0 Å². The Hall–Kier alpha value is -2.98. The molecule has 160 valence electrons. The highest BCUT2D eigenvalue weighted by Gasteiger charge is 2.33. The maximum Gasteiger partial charge on any atom is 0.243 e. The minimum Gasteiger partial charge on any atom is -0.497 e. The molecule has 1 aliphatic heterocycles. The third-order valence-corrected chi connectivity index (χ3v) is 6.70. The SMILES string of the molecule is COc1ccc(S(=O)(=O)N2CCC[C@H](C(=O)NCC(=O)Nc3cccnc3)C2)cc1. The average molecular weight is 433 g/mol. The van der Waals surface area contributed by atoms with E-state index in [9.17, 15) is 18.0 Å². The molecule has 2 heterocycles. The summed E-state index contributed by atoms with van der Waals surface area (Å²) in [5.74, 6) is -0.673. The van der Waals surface area contributed by atoms with E-state index in [2.05, 4.69) is 15.6 Å². The van der Waals surface area contributed by atoms with Gasteiger partial charge in [-0.05, 0) is 49.2 Å². The maximum atomic E-state index is 12.9. The number of nitrogens with zero attached hydrogens (tertiary/aromatic N) is 2. The quantitative estimate of drug-likeness (QED) is 0.680. The number of pyridine rings is 1. The van der Waals surface area contributed by atoms with Gasteiger partial charge in [0.25, 0.3) is 0 Å². The smallest absolute Gasteiger partial charge is 0.243 e. The number of hydrogen-bond acceptors (Lipinski definition) is 6. The minimum atomic E-state index is -3.71. The van der Waals surface area contributed by atoms with Gasteiger partial charge in [0.05, 0.1) is 36.4 Å². The van der Waals surface area contributed by atoms with Crippen molar-refractivity contribution in [2.45, 2.75) is 17.7 Å². The summed E-state index contributed by atoms with van der Waals surface area (Å²) in [6.07, 6.45) is 4.22. The largest absolute Gasteiger partial charge is 0.497 e. The fraction of sp³-hybridized carbons (Fsp3) is 0.350. The summed E-state index contributed by atoms with van der Waals surface area (Å²) in [7, 11) is -2.21. The second-order valence-electron chi connectivity index (χ2n) is 6.89. The Labute approximate surface area is 175 Å². The Balaban J connectivity index is 1.56. The lowest BCUT2D eigenvalue weighted by Crippen LogP contribution is -2.46. The molecular weight excluding hydrogens is 408 g/mol. The normalized spacial score (nSPS) is 17.2. The first-order valence-corrected chi connectivity index (χ1v) is 11.0. The molecule has 30 heavy (non-hydrogen) atoms. The van der Waals surface area contributed by atoms with Crippen molar-refractivity contribution in [3.63, 3.8) is 0 Å². The summed E-state index contributed by atoms with van der Waals surface area (Å²) < 4.78 is 32.2. The monoisotopic (exact) mass is 432 g/mol. The Morgan fingerprint density at radius 2 is 2.00 bits per heavy atom. The van der Waals surface area contributed by atoms with Crippen LogP contribution in [0.2, 0.25) is 0 Å². The molecule has 0 saturated carbocycles.